The monoisotopic (exact) mass is 449 g/mol. The zero-order valence-corrected chi connectivity index (χ0v) is 19.6. The average molecular weight is 450 g/mol. The van der Waals surface area contributed by atoms with Gasteiger partial charge in [-0.1, -0.05) is 42.5 Å². The van der Waals surface area contributed by atoms with Crippen LogP contribution in [-0.4, -0.2) is 55.0 Å². The molecule has 1 saturated heterocycles. The molecule has 2 heterocycles. The topological polar surface area (TPSA) is 44.8 Å². The molecular formula is C26H31N3O2S. The van der Waals surface area contributed by atoms with Crippen LogP contribution < -0.4 is 10.1 Å². The Morgan fingerprint density at radius 3 is 2.50 bits per heavy atom. The van der Waals surface area contributed by atoms with Crippen LogP contribution in [0.2, 0.25) is 0 Å². The average Bonchev–Trinajstić information content (AvgIpc) is 3.35. The summed E-state index contributed by atoms with van der Waals surface area (Å²) >= 11 is 1.76. The van der Waals surface area contributed by atoms with Crippen molar-refractivity contribution in [1.82, 2.24) is 15.1 Å². The molecule has 5 nitrogen and oxygen atoms in total. The van der Waals surface area contributed by atoms with Crippen LogP contribution in [0, 0.1) is 0 Å². The molecular weight excluding hydrogens is 418 g/mol. The Morgan fingerprint density at radius 1 is 1.03 bits per heavy atom. The fraction of sp³-hybridized carbons (Fsp3) is 0.346. The number of carbonyl (C=O) groups excluding carboxylic acids is 1. The van der Waals surface area contributed by atoms with E-state index in [1.165, 1.54) is 10.4 Å². The molecule has 32 heavy (non-hydrogen) atoms. The highest BCUT2D eigenvalue weighted by Gasteiger charge is 2.31. The van der Waals surface area contributed by atoms with Crippen LogP contribution in [0.25, 0.3) is 0 Å². The summed E-state index contributed by atoms with van der Waals surface area (Å²) < 4.78 is 5.27. The predicted molar refractivity (Wildman–Crippen MR) is 130 cm³/mol. The predicted octanol–water partition coefficient (Wildman–Crippen LogP) is 4.43. The van der Waals surface area contributed by atoms with Crippen molar-refractivity contribution in [3.63, 3.8) is 0 Å². The van der Waals surface area contributed by atoms with Crippen molar-refractivity contribution in [2.75, 3.05) is 33.3 Å². The van der Waals surface area contributed by atoms with E-state index in [1.807, 2.05) is 18.2 Å². The number of rotatable bonds is 8. The van der Waals surface area contributed by atoms with Crippen LogP contribution in [0.15, 0.2) is 72.1 Å². The third-order valence-corrected chi connectivity index (χ3v) is 6.99. The molecule has 1 aliphatic rings. The van der Waals surface area contributed by atoms with Crippen molar-refractivity contribution in [3.8, 4) is 5.75 Å². The highest BCUT2D eigenvalue weighted by Crippen LogP contribution is 2.30. The number of thiophene rings is 1. The van der Waals surface area contributed by atoms with Gasteiger partial charge in [0, 0.05) is 49.2 Å². The summed E-state index contributed by atoms with van der Waals surface area (Å²) in [5.41, 5.74) is 1.98. The van der Waals surface area contributed by atoms with Gasteiger partial charge in [-0.2, -0.15) is 0 Å². The van der Waals surface area contributed by atoms with Gasteiger partial charge in [0.1, 0.15) is 5.75 Å². The molecule has 0 saturated carbocycles. The summed E-state index contributed by atoms with van der Waals surface area (Å²) in [4.78, 5) is 19.3. The van der Waals surface area contributed by atoms with Crippen LogP contribution in [0.5, 0.6) is 5.75 Å². The van der Waals surface area contributed by atoms with Crippen LogP contribution in [0.1, 0.15) is 33.8 Å². The van der Waals surface area contributed by atoms with Gasteiger partial charge >= 0.3 is 0 Å². The Hall–Kier alpha value is -2.67. The maximum absolute atomic E-state index is 12.9. The van der Waals surface area contributed by atoms with E-state index in [9.17, 15) is 4.79 Å². The van der Waals surface area contributed by atoms with E-state index in [2.05, 4.69) is 69.9 Å². The quantitative estimate of drug-likeness (QED) is 0.552. The largest absolute Gasteiger partial charge is 0.497 e. The maximum atomic E-state index is 12.9. The minimum absolute atomic E-state index is 0.0203. The fourth-order valence-corrected chi connectivity index (χ4v) is 5.34. The van der Waals surface area contributed by atoms with E-state index in [0.717, 1.165) is 32.7 Å². The first-order valence-electron chi connectivity index (χ1n) is 11.1. The van der Waals surface area contributed by atoms with Crippen molar-refractivity contribution in [2.24, 2.45) is 0 Å². The number of piperazine rings is 1. The molecule has 0 aliphatic carbocycles. The number of methoxy groups -OCH3 is 1. The van der Waals surface area contributed by atoms with E-state index in [1.54, 1.807) is 24.5 Å². The molecule has 2 atom stereocenters. The number of amides is 1. The summed E-state index contributed by atoms with van der Waals surface area (Å²) in [5.74, 6) is 0.621. The lowest BCUT2D eigenvalue weighted by molar-refractivity contribution is 0.0714. The molecule has 168 valence electrons. The summed E-state index contributed by atoms with van der Waals surface area (Å²) in [6, 6.07) is 22.4. The molecule has 1 aromatic heterocycles. The van der Waals surface area contributed by atoms with Crippen molar-refractivity contribution < 1.29 is 9.53 Å². The zero-order valence-electron chi connectivity index (χ0n) is 18.7. The summed E-state index contributed by atoms with van der Waals surface area (Å²) in [6.07, 6.45) is 0. The van der Waals surface area contributed by atoms with Crippen molar-refractivity contribution in [2.45, 2.75) is 25.6 Å². The van der Waals surface area contributed by atoms with Crippen molar-refractivity contribution in [3.05, 3.63) is 88.1 Å². The Morgan fingerprint density at radius 2 is 1.81 bits per heavy atom. The number of nitrogens with zero attached hydrogens (tertiary/aromatic N) is 2. The third-order valence-electron chi connectivity index (χ3n) is 6.05. The molecule has 0 bridgehead atoms. The Kier molecular flexibility index (Phi) is 7.58. The van der Waals surface area contributed by atoms with E-state index >= 15 is 0 Å². The lowest BCUT2D eigenvalue weighted by Crippen LogP contribution is -2.52. The standard InChI is InChI=1S/C26H31N3O2S/c1-20(27-26(30)22-10-6-11-23(18-22)31-2)25(24-12-7-17-32-24)29-15-13-28(14-16-29)19-21-8-4-3-5-9-21/h3-12,17-18,20,25H,13-16,19H2,1-2H3,(H,27,30)/t20-,25-/m1/s1. The van der Waals surface area contributed by atoms with E-state index in [4.69, 9.17) is 4.74 Å². The first kappa shape index (κ1) is 22.5. The first-order chi connectivity index (χ1) is 15.6. The maximum Gasteiger partial charge on any atom is 0.251 e. The second kappa shape index (κ2) is 10.8. The van der Waals surface area contributed by atoms with Gasteiger partial charge in [-0.3, -0.25) is 14.6 Å². The molecule has 3 aromatic rings. The molecule has 1 aliphatic heterocycles. The van der Waals surface area contributed by atoms with Gasteiger partial charge in [0.25, 0.3) is 5.91 Å². The molecule has 6 heteroatoms. The van der Waals surface area contributed by atoms with Gasteiger partial charge in [-0.25, -0.2) is 0 Å². The number of hydrogen-bond donors (Lipinski definition) is 1. The van der Waals surface area contributed by atoms with Crippen molar-refractivity contribution >= 4 is 17.2 Å². The van der Waals surface area contributed by atoms with E-state index < -0.39 is 0 Å². The smallest absolute Gasteiger partial charge is 0.251 e. The summed E-state index contributed by atoms with van der Waals surface area (Å²) in [7, 11) is 1.61. The van der Waals surface area contributed by atoms with Crippen LogP contribution >= 0.6 is 11.3 Å². The van der Waals surface area contributed by atoms with Crippen LogP contribution in [0.4, 0.5) is 0 Å². The second-order valence-electron chi connectivity index (χ2n) is 8.25. The normalized spacial score (nSPS) is 16.9. The molecule has 1 amide bonds. The van der Waals surface area contributed by atoms with Crippen LogP contribution in [-0.2, 0) is 6.54 Å². The molecule has 0 radical (unpaired) electrons. The fourth-order valence-electron chi connectivity index (χ4n) is 4.38. The number of nitrogens with one attached hydrogen (secondary N) is 1. The van der Waals surface area contributed by atoms with E-state index in [-0.39, 0.29) is 18.0 Å². The molecule has 2 aromatic carbocycles. The number of benzene rings is 2. The minimum Gasteiger partial charge on any atom is -0.497 e. The van der Waals surface area contributed by atoms with Crippen molar-refractivity contribution in [1.29, 1.82) is 0 Å². The first-order valence-corrected chi connectivity index (χ1v) is 12.0. The lowest BCUT2D eigenvalue weighted by Gasteiger charge is -2.41. The Bertz CT molecular complexity index is 985. The van der Waals surface area contributed by atoms with E-state index in [0.29, 0.717) is 11.3 Å². The summed E-state index contributed by atoms with van der Waals surface area (Å²) in [6.45, 7) is 7.10. The Labute approximate surface area is 194 Å². The summed E-state index contributed by atoms with van der Waals surface area (Å²) in [5, 5.41) is 5.36. The van der Waals surface area contributed by atoms with Gasteiger partial charge in [0.15, 0.2) is 0 Å². The molecule has 4 rings (SSSR count). The number of hydrogen-bond acceptors (Lipinski definition) is 5. The SMILES string of the molecule is COc1cccc(C(=O)N[C@H](C)[C@H](c2cccs2)N2CCN(Cc3ccccc3)CC2)c1. The van der Waals surface area contributed by atoms with Gasteiger partial charge in [0.05, 0.1) is 13.2 Å². The highest BCUT2D eigenvalue weighted by molar-refractivity contribution is 7.10. The van der Waals surface area contributed by atoms with Gasteiger partial charge in [-0.05, 0) is 42.1 Å². The molecule has 0 unspecified atom stereocenters. The molecule has 1 fully saturated rings. The Balaban J connectivity index is 1.42. The zero-order chi connectivity index (χ0) is 22.3. The minimum atomic E-state index is -0.0688. The number of carbonyl (C=O) groups is 1. The van der Waals surface area contributed by atoms with Crippen LogP contribution in [0.3, 0.4) is 0 Å². The third kappa shape index (κ3) is 5.57. The highest BCUT2D eigenvalue weighted by atomic mass is 32.1. The van der Waals surface area contributed by atoms with Gasteiger partial charge < -0.3 is 10.1 Å². The van der Waals surface area contributed by atoms with Gasteiger partial charge in [0.2, 0.25) is 0 Å². The second-order valence-corrected chi connectivity index (χ2v) is 9.23. The molecule has 1 N–H and O–H groups in total. The lowest BCUT2D eigenvalue weighted by atomic mass is 10.0. The van der Waals surface area contributed by atoms with Gasteiger partial charge in [-0.15, -0.1) is 11.3 Å². The molecule has 0 spiro atoms. The number of ether oxygens (including phenoxy) is 1.